The van der Waals surface area contributed by atoms with E-state index in [1.54, 1.807) is 0 Å². The van der Waals surface area contributed by atoms with Crippen LogP contribution in [0.15, 0.2) is 78.9 Å². The zero-order valence-electron chi connectivity index (χ0n) is 14.3. The molecule has 4 rings (SSSR count). The number of hydrogen-bond acceptors (Lipinski definition) is 2. The molecule has 0 unspecified atom stereocenters. The average Bonchev–Trinajstić information content (AvgIpc) is 2.99. The number of nitrogens with zero attached hydrogens (tertiary/aromatic N) is 2. The van der Waals surface area contributed by atoms with Gasteiger partial charge in [-0.15, -0.1) is 0 Å². The van der Waals surface area contributed by atoms with Gasteiger partial charge in [-0.25, -0.2) is 4.98 Å². The Morgan fingerprint density at radius 2 is 1.40 bits per heavy atom. The zero-order valence-corrected chi connectivity index (χ0v) is 14.3. The van der Waals surface area contributed by atoms with Gasteiger partial charge in [0.2, 0.25) is 0 Å². The van der Waals surface area contributed by atoms with Crippen LogP contribution >= 0.6 is 0 Å². The first-order chi connectivity index (χ1) is 12.1. The Kier molecular flexibility index (Phi) is 3.66. The Morgan fingerprint density at radius 1 is 0.840 bits per heavy atom. The van der Waals surface area contributed by atoms with E-state index in [-0.39, 0.29) is 0 Å². The Bertz CT molecular complexity index is 981. The third kappa shape index (κ3) is 2.44. The van der Waals surface area contributed by atoms with Crippen LogP contribution in [0.3, 0.4) is 0 Å². The number of rotatable bonds is 3. The fourth-order valence-electron chi connectivity index (χ4n) is 3.42. The van der Waals surface area contributed by atoms with E-state index in [4.69, 9.17) is 4.98 Å². The second-order valence-electron chi connectivity index (χ2n) is 6.43. The summed E-state index contributed by atoms with van der Waals surface area (Å²) < 4.78 is 1.98. The molecule has 1 aromatic heterocycles. The summed E-state index contributed by atoms with van der Waals surface area (Å²) in [5, 5.41) is 11.9. The van der Waals surface area contributed by atoms with E-state index in [0.29, 0.717) is 5.82 Å². The minimum absolute atomic E-state index is 0.616. The number of aryl methyl sites for hydroxylation is 2. The molecule has 0 spiro atoms. The lowest BCUT2D eigenvalue weighted by molar-refractivity contribution is 0.113. The second-order valence-corrected chi connectivity index (χ2v) is 6.43. The molecule has 0 atom stereocenters. The molecule has 0 bridgehead atoms. The first-order valence-corrected chi connectivity index (χ1v) is 8.37. The maximum absolute atomic E-state index is 11.9. The minimum atomic E-state index is -1.32. The normalized spacial score (nSPS) is 11.8. The SMILES string of the molecule is Cc1ccc2c(c1)nc(C(O)(c1ccccc1)c1ccccc1)n2C. The van der Waals surface area contributed by atoms with Gasteiger partial charge in [-0.05, 0) is 35.7 Å². The summed E-state index contributed by atoms with van der Waals surface area (Å²) in [7, 11) is 1.96. The van der Waals surface area contributed by atoms with Gasteiger partial charge in [-0.3, -0.25) is 0 Å². The van der Waals surface area contributed by atoms with E-state index in [9.17, 15) is 5.11 Å². The smallest absolute Gasteiger partial charge is 0.173 e. The van der Waals surface area contributed by atoms with Gasteiger partial charge in [0.05, 0.1) is 11.0 Å². The average molecular weight is 328 g/mol. The van der Waals surface area contributed by atoms with Crippen molar-refractivity contribution in [1.82, 2.24) is 9.55 Å². The van der Waals surface area contributed by atoms with Crippen LogP contribution in [-0.2, 0) is 12.6 Å². The lowest BCUT2D eigenvalue weighted by Gasteiger charge is -2.29. The molecule has 1 heterocycles. The molecule has 124 valence electrons. The number of benzene rings is 3. The first-order valence-electron chi connectivity index (χ1n) is 8.37. The molecule has 0 radical (unpaired) electrons. The van der Waals surface area contributed by atoms with E-state index in [1.807, 2.05) is 79.2 Å². The molecule has 25 heavy (non-hydrogen) atoms. The first kappa shape index (κ1) is 15.6. The quantitative estimate of drug-likeness (QED) is 0.613. The van der Waals surface area contributed by atoms with Crippen LogP contribution in [0, 0.1) is 6.92 Å². The predicted molar refractivity (Wildman–Crippen MR) is 100 cm³/mol. The molecule has 1 N–H and O–H groups in total. The predicted octanol–water partition coefficient (Wildman–Crippen LogP) is 4.17. The summed E-state index contributed by atoms with van der Waals surface area (Å²) in [4.78, 5) is 4.81. The van der Waals surface area contributed by atoms with E-state index in [1.165, 1.54) is 0 Å². The van der Waals surface area contributed by atoms with Crippen molar-refractivity contribution in [1.29, 1.82) is 0 Å². The van der Waals surface area contributed by atoms with Gasteiger partial charge < -0.3 is 9.67 Å². The lowest BCUT2D eigenvalue weighted by atomic mass is 9.85. The number of aliphatic hydroxyl groups is 1. The van der Waals surface area contributed by atoms with Crippen molar-refractivity contribution in [3.63, 3.8) is 0 Å². The van der Waals surface area contributed by atoms with Crippen LogP contribution in [-0.4, -0.2) is 14.7 Å². The second kappa shape index (κ2) is 5.87. The van der Waals surface area contributed by atoms with Crippen LogP contribution in [0.5, 0.6) is 0 Å². The van der Waals surface area contributed by atoms with Gasteiger partial charge >= 0.3 is 0 Å². The summed E-state index contributed by atoms with van der Waals surface area (Å²) in [6.45, 7) is 2.05. The molecule has 0 amide bonds. The van der Waals surface area contributed by atoms with Crippen molar-refractivity contribution in [2.75, 3.05) is 0 Å². The molecular formula is C22H20N2O. The summed E-state index contributed by atoms with van der Waals surface area (Å²) in [6.07, 6.45) is 0. The van der Waals surface area contributed by atoms with Crippen molar-refractivity contribution < 1.29 is 5.11 Å². The molecule has 0 saturated carbocycles. The molecule has 4 aromatic rings. The monoisotopic (exact) mass is 328 g/mol. The van der Waals surface area contributed by atoms with Gasteiger partial charge in [-0.2, -0.15) is 0 Å². The lowest BCUT2D eigenvalue weighted by Crippen LogP contribution is -2.32. The standard InChI is InChI=1S/C22H20N2O/c1-16-13-14-20-19(15-16)23-21(24(20)2)22(25,17-9-5-3-6-10-17)18-11-7-4-8-12-18/h3-15,25H,1-2H3. The third-order valence-electron chi connectivity index (χ3n) is 4.74. The van der Waals surface area contributed by atoms with E-state index < -0.39 is 5.60 Å². The molecule has 3 aromatic carbocycles. The van der Waals surface area contributed by atoms with E-state index >= 15 is 0 Å². The van der Waals surface area contributed by atoms with Gasteiger partial charge in [0, 0.05) is 7.05 Å². The van der Waals surface area contributed by atoms with E-state index in [0.717, 1.165) is 27.7 Å². The number of fused-ring (bicyclic) bond motifs is 1. The largest absolute Gasteiger partial charge is 0.373 e. The van der Waals surface area contributed by atoms with Crippen molar-refractivity contribution in [3.05, 3.63) is 101 Å². The molecule has 3 heteroatoms. The van der Waals surface area contributed by atoms with Crippen molar-refractivity contribution in [2.45, 2.75) is 12.5 Å². The summed E-state index contributed by atoms with van der Waals surface area (Å²) in [6, 6.07) is 25.6. The Labute approximate surface area is 147 Å². The molecule has 0 fully saturated rings. The highest BCUT2D eigenvalue weighted by molar-refractivity contribution is 5.77. The Morgan fingerprint density at radius 3 is 1.96 bits per heavy atom. The fourth-order valence-corrected chi connectivity index (χ4v) is 3.42. The summed E-state index contributed by atoms with van der Waals surface area (Å²) in [5.41, 5.74) is 3.34. The van der Waals surface area contributed by atoms with Crippen LogP contribution in [0.2, 0.25) is 0 Å². The molecule has 0 aliphatic carbocycles. The van der Waals surface area contributed by atoms with Crippen molar-refractivity contribution in [2.24, 2.45) is 7.05 Å². The van der Waals surface area contributed by atoms with Crippen LogP contribution in [0.4, 0.5) is 0 Å². The fraction of sp³-hybridized carbons (Fsp3) is 0.136. The highest BCUT2D eigenvalue weighted by atomic mass is 16.3. The Balaban J connectivity index is 2.04. The van der Waals surface area contributed by atoms with Crippen molar-refractivity contribution >= 4 is 11.0 Å². The third-order valence-corrected chi connectivity index (χ3v) is 4.74. The van der Waals surface area contributed by atoms with Gasteiger partial charge in [0.25, 0.3) is 0 Å². The van der Waals surface area contributed by atoms with Crippen LogP contribution in [0.25, 0.3) is 11.0 Å². The van der Waals surface area contributed by atoms with Gasteiger partial charge in [-0.1, -0.05) is 66.7 Å². The molecule has 0 saturated heterocycles. The molecule has 0 aliphatic rings. The Hall–Kier alpha value is -2.91. The molecule has 0 aliphatic heterocycles. The summed E-state index contributed by atoms with van der Waals surface area (Å²) >= 11 is 0. The maximum Gasteiger partial charge on any atom is 0.173 e. The number of hydrogen-bond donors (Lipinski definition) is 1. The summed E-state index contributed by atoms with van der Waals surface area (Å²) in [5.74, 6) is 0.616. The van der Waals surface area contributed by atoms with Crippen LogP contribution < -0.4 is 0 Å². The number of aromatic nitrogens is 2. The maximum atomic E-state index is 11.9. The molecular weight excluding hydrogens is 308 g/mol. The molecule has 3 nitrogen and oxygen atoms in total. The minimum Gasteiger partial charge on any atom is -0.373 e. The number of imidazole rings is 1. The van der Waals surface area contributed by atoms with Gasteiger partial charge in [0.1, 0.15) is 0 Å². The highest BCUT2D eigenvalue weighted by Crippen LogP contribution is 2.37. The zero-order chi connectivity index (χ0) is 17.4. The van der Waals surface area contributed by atoms with Crippen LogP contribution in [0.1, 0.15) is 22.5 Å². The topological polar surface area (TPSA) is 38.1 Å². The van der Waals surface area contributed by atoms with Crippen molar-refractivity contribution in [3.8, 4) is 0 Å². The highest BCUT2D eigenvalue weighted by Gasteiger charge is 2.38. The van der Waals surface area contributed by atoms with E-state index in [2.05, 4.69) is 18.2 Å². The van der Waals surface area contributed by atoms with Gasteiger partial charge in [0.15, 0.2) is 11.4 Å².